The summed E-state index contributed by atoms with van der Waals surface area (Å²) in [5, 5.41) is 6.64. The maximum Gasteiger partial charge on any atom is 0.190 e. The quantitative estimate of drug-likeness (QED) is 0.334. The van der Waals surface area contributed by atoms with Crippen molar-refractivity contribution >= 4 is 29.9 Å². The van der Waals surface area contributed by atoms with Crippen LogP contribution < -0.4 is 24.8 Å². The molecule has 0 aliphatic carbocycles. The zero-order chi connectivity index (χ0) is 17.9. The lowest BCUT2D eigenvalue weighted by Crippen LogP contribution is -2.39. The van der Waals surface area contributed by atoms with Crippen molar-refractivity contribution in [2.24, 2.45) is 10.9 Å². The van der Waals surface area contributed by atoms with Gasteiger partial charge in [0, 0.05) is 37.8 Å². The molecule has 1 aromatic rings. The monoisotopic (exact) mass is 465 g/mol. The highest BCUT2D eigenvalue weighted by Crippen LogP contribution is 2.34. The van der Waals surface area contributed by atoms with Crippen molar-refractivity contribution in [3.8, 4) is 17.2 Å². The van der Waals surface area contributed by atoms with Gasteiger partial charge in [-0.3, -0.25) is 4.99 Å². The van der Waals surface area contributed by atoms with E-state index in [0.717, 1.165) is 49.0 Å². The van der Waals surface area contributed by atoms with Crippen LogP contribution in [0.4, 0.5) is 0 Å². The summed E-state index contributed by atoms with van der Waals surface area (Å²) in [5.74, 6) is 3.71. The Kier molecular flexibility index (Phi) is 12.2. The second kappa shape index (κ2) is 12.9. The molecule has 0 spiro atoms. The largest absolute Gasteiger partial charge is 0.496 e. The van der Waals surface area contributed by atoms with Crippen LogP contribution in [0.2, 0.25) is 0 Å². The molecule has 0 radical (unpaired) electrons. The summed E-state index contributed by atoms with van der Waals surface area (Å²) >= 11 is 0. The number of nitrogens with zero attached hydrogens (tertiary/aromatic N) is 1. The van der Waals surface area contributed by atoms with Crippen LogP contribution in [0.25, 0.3) is 0 Å². The molecule has 25 heavy (non-hydrogen) atoms. The van der Waals surface area contributed by atoms with Crippen LogP contribution >= 0.6 is 24.0 Å². The molecule has 1 rings (SSSR count). The Morgan fingerprint density at radius 1 is 1.00 bits per heavy atom. The van der Waals surface area contributed by atoms with Crippen LogP contribution in [0.1, 0.15) is 25.8 Å². The number of aliphatic imine (C=N–C) groups is 1. The smallest absolute Gasteiger partial charge is 0.190 e. The Morgan fingerprint density at radius 2 is 1.56 bits per heavy atom. The predicted molar refractivity (Wildman–Crippen MR) is 114 cm³/mol. The number of halogens is 1. The van der Waals surface area contributed by atoms with Crippen molar-refractivity contribution in [1.29, 1.82) is 0 Å². The SMILES string of the molecule is CN=C(NCCc1c(OC)cc(OC)cc1OC)NCCC(C)C.I. The van der Waals surface area contributed by atoms with Crippen LogP contribution in [0, 0.1) is 5.92 Å². The van der Waals surface area contributed by atoms with E-state index in [1.807, 2.05) is 12.1 Å². The van der Waals surface area contributed by atoms with E-state index in [0.29, 0.717) is 11.7 Å². The van der Waals surface area contributed by atoms with Gasteiger partial charge in [-0.1, -0.05) is 13.8 Å². The summed E-state index contributed by atoms with van der Waals surface area (Å²) in [7, 11) is 6.70. The van der Waals surface area contributed by atoms with Crippen LogP contribution in [-0.2, 0) is 6.42 Å². The van der Waals surface area contributed by atoms with Crippen molar-refractivity contribution < 1.29 is 14.2 Å². The van der Waals surface area contributed by atoms with Crippen molar-refractivity contribution in [3.63, 3.8) is 0 Å². The molecule has 0 fully saturated rings. The van der Waals surface area contributed by atoms with E-state index in [4.69, 9.17) is 14.2 Å². The minimum atomic E-state index is 0. The fourth-order valence-electron chi connectivity index (χ4n) is 2.33. The third-order valence-corrected chi connectivity index (χ3v) is 3.72. The first-order chi connectivity index (χ1) is 11.5. The topological polar surface area (TPSA) is 64.1 Å². The third-order valence-electron chi connectivity index (χ3n) is 3.72. The minimum Gasteiger partial charge on any atom is -0.496 e. The van der Waals surface area contributed by atoms with Gasteiger partial charge in [-0.2, -0.15) is 0 Å². The highest BCUT2D eigenvalue weighted by molar-refractivity contribution is 14.0. The zero-order valence-corrected chi connectivity index (χ0v) is 18.5. The summed E-state index contributed by atoms with van der Waals surface area (Å²) < 4.78 is 16.2. The molecule has 0 unspecified atom stereocenters. The maximum absolute atomic E-state index is 5.47. The number of ether oxygens (including phenoxy) is 3. The van der Waals surface area contributed by atoms with Gasteiger partial charge in [-0.25, -0.2) is 0 Å². The lowest BCUT2D eigenvalue weighted by Gasteiger charge is -2.16. The molecule has 0 aromatic heterocycles. The highest BCUT2D eigenvalue weighted by Gasteiger charge is 2.13. The Morgan fingerprint density at radius 3 is 2.00 bits per heavy atom. The Bertz CT molecular complexity index is 511. The first-order valence-electron chi connectivity index (χ1n) is 8.29. The van der Waals surface area contributed by atoms with E-state index >= 15 is 0 Å². The van der Waals surface area contributed by atoms with Crippen molar-refractivity contribution in [2.75, 3.05) is 41.5 Å². The van der Waals surface area contributed by atoms with Crippen LogP contribution in [0.3, 0.4) is 0 Å². The molecule has 144 valence electrons. The Hall–Kier alpha value is -1.38. The second-order valence-electron chi connectivity index (χ2n) is 5.87. The number of hydrogen-bond donors (Lipinski definition) is 2. The molecule has 6 nitrogen and oxygen atoms in total. The van der Waals surface area contributed by atoms with Crippen molar-refractivity contribution in [3.05, 3.63) is 17.7 Å². The number of hydrogen-bond acceptors (Lipinski definition) is 4. The van der Waals surface area contributed by atoms with Gasteiger partial charge in [-0.05, 0) is 18.8 Å². The van der Waals surface area contributed by atoms with Crippen molar-refractivity contribution in [1.82, 2.24) is 10.6 Å². The maximum atomic E-state index is 5.47. The van der Waals surface area contributed by atoms with E-state index in [9.17, 15) is 0 Å². The van der Waals surface area contributed by atoms with E-state index in [1.165, 1.54) is 0 Å². The summed E-state index contributed by atoms with van der Waals surface area (Å²) in [6.07, 6.45) is 1.86. The molecule has 0 saturated heterocycles. The van der Waals surface area contributed by atoms with E-state index in [-0.39, 0.29) is 24.0 Å². The van der Waals surface area contributed by atoms with E-state index in [1.54, 1.807) is 28.4 Å². The number of rotatable bonds is 9. The van der Waals surface area contributed by atoms with Crippen LogP contribution in [0.15, 0.2) is 17.1 Å². The second-order valence-corrected chi connectivity index (χ2v) is 5.87. The molecule has 2 N–H and O–H groups in total. The Labute approximate surface area is 168 Å². The summed E-state index contributed by atoms with van der Waals surface area (Å²) in [6, 6.07) is 3.74. The average Bonchev–Trinajstić information content (AvgIpc) is 2.59. The first kappa shape index (κ1) is 23.6. The van der Waals surface area contributed by atoms with Gasteiger partial charge in [0.05, 0.1) is 21.3 Å². The summed E-state index contributed by atoms with van der Waals surface area (Å²) in [6.45, 7) is 6.05. The zero-order valence-electron chi connectivity index (χ0n) is 16.1. The minimum absolute atomic E-state index is 0. The Balaban J connectivity index is 0.00000576. The summed E-state index contributed by atoms with van der Waals surface area (Å²) in [4.78, 5) is 4.24. The molecule has 1 aromatic carbocycles. The van der Waals surface area contributed by atoms with Crippen molar-refractivity contribution in [2.45, 2.75) is 26.7 Å². The molecule has 0 heterocycles. The normalized spacial score (nSPS) is 10.9. The lowest BCUT2D eigenvalue weighted by molar-refractivity contribution is 0.368. The standard InChI is InChI=1S/C18H31N3O3.HI/c1-13(2)7-9-20-18(19-3)21-10-8-15-16(23-5)11-14(22-4)12-17(15)24-6;/h11-13H,7-10H2,1-6H3,(H2,19,20,21);1H. The highest BCUT2D eigenvalue weighted by atomic mass is 127. The average molecular weight is 465 g/mol. The lowest BCUT2D eigenvalue weighted by atomic mass is 10.1. The van der Waals surface area contributed by atoms with Gasteiger partial charge < -0.3 is 24.8 Å². The molecule has 0 aliphatic rings. The fourth-order valence-corrected chi connectivity index (χ4v) is 2.33. The van der Waals surface area contributed by atoms with Gasteiger partial charge >= 0.3 is 0 Å². The molecule has 0 aliphatic heterocycles. The number of benzene rings is 1. The molecule has 0 atom stereocenters. The van der Waals surface area contributed by atoms with E-state index in [2.05, 4.69) is 29.5 Å². The molecule has 0 bridgehead atoms. The van der Waals surface area contributed by atoms with Gasteiger partial charge in [0.25, 0.3) is 0 Å². The number of guanidine groups is 1. The van der Waals surface area contributed by atoms with Gasteiger partial charge in [0.15, 0.2) is 5.96 Å². The molecule has 0 amide bonds. The van der Waals surface area contributed by atoms with Crippen LogP contribution in [-0.4, -0.2) is 47.4 Å². The number of methoxy groups -OCH3 is 3. The van der Waals surface area contributed by atoms with E-state index < -0.39 is 0 Å². The third kappa shape index (κ3) is 8.02. The molecule has 7 heteroatoms. The van der Waals surface area contributed by atoms with Gasteiger partial charge in [-0.15, -0.1) is 24.0 Å². The molecular weight excluding hydrogens is 433 g/mol. The van der Waals surface area contributed by atoms with Gasteiger partial charge in [0.2, 0.25) is 0 Å². The first-order valence-corrected chi connectivity index (χ1v) is 8.29. The molecule has 0 saturated carbocycles. The summed E-state index contributed by atoms with van der Waals surface area (Å²) in [5.41, 5.74) is 1.01. The predicted octanol–water partition coefficient (Wildman–Crippen LogP) is 3.08. The van der Waals surface area contributed by atoms with Crippen LogP contribution in [0.5, 0.6) is 17.2 Å². The number of nitrogens with one attached hydrogen (secondary N) is 2. The molecular formula is C18H32IN3O3. The fraction of sp³-hybridized carbons (Fsp3) is 0.611. The van der Waals surface area contributed by atoms with Gasteiger partial charge in [0.1, 0.15) is 17.2 Å².